The van der Waals surface area contributed by atoms with Crippen molar-refractivity contribution in [1.29, 1.82) is 0 Å². The third kappa shape index (κ3) is 9.07. The quantitative estimate of drug-likeness (QED) is 0.0906. The number of benzene rings is 2. The van der Waals surface area contributed by atoms with Crippen LogP contribution < -0.4 is 21.6 Å². The average molecular weight is 1070 g/mol. The minimum absolute atomic E-state index is 0.0256. The Morgan fingerprint density at radius 2 is 1.30 bits per heavy atom. The first-order valence-electron chi connectivity index (χ1n) is 22.8. The molecule has 1 aliphatic heterocycles. The Morgan fingerprint density at radius 3 is 1.87 bits per heavy atom. The molecule has 0 N–H and O–H groups in total. The number of piperidine rings is 1. The molecule has 0 unspecified atom stereocenters. The highest BCUT2D eigenvalue weighted by Gasteiger charge is 2.31. The molecule has 0 amide bonds. The minimum Gasteiger partial charge on any atom is -0.321 e. The van der Waals surface area contributed by atoms with Gasteiger partial charge in [0.2, 0.25) is 0 Å². The van der Waals surface area contributed by atoms with Gasteiger partial charge in [0, 0.05) is 57.5 Å². The summed E-state index contributed by atoms with van der Waals surface area (Å²) in [4.78, 5) is 84.9. The summed E-state index contributed by atoms with van der Waals surface area (Å²) in [6.45, 7) is 11.4. The van der Waals surface area contributed by atoms with Gasteiger partial charge in [0.1, 0.15) is 23.1 Å². The van der Waals surface area contributed by atoms with Crippen molar-refractivity contribution in [2.45, 2.75) is 64.2 Å². The number of halogens is 3. The molecular formula is C52H48F2IN11O5. The van der Waals surface area contributed by atoms with Gasteiger partial charge in [-0.25, -0.2) is 28.4 Å². The summed E-state index contributed by atoms with van der Waals surface area (Å²) >= 11 is 1.95. The Morgan fingerprint density at radius 1 is 0.718 bits per heavy atom. The first kappa shape index (κ1) is 48.8. The number of rotatable bonds is 11. The van der Waals surface area contributed by atoms with Gasteiger partial charge in [-0.15, -0.1) is 0 Å². The van der Waals surface area contributed by atoms with Gasteiger partial charge in [0.15, 0.2) is 24.2 Å². The highest BCUT2D eigenvalue weighted by atomic mass is 127. The minimum atomic E-state index is -0.988. The number of aldehydes is 2. The highest BCUT2D eigenvalue weighted by Crippen LogP contribution is 2.36. The molecule has 16 nitrogen and oxygen atoms in total. The Labute approximate surface area is 419 Å². The van der Waals surface area contributed by atoms with Crippen LogP contribution >= 0.6 is 22.6 Å². The largest absolute Gasteiger partial charge is 0.321 e. The number of nitrogens with zero attached hydrogens (tertiary/aromatic N) is 11. The Hall–Kier alpha value is -7.26. The summed E-state index contributed by atoms with van der Waals surface area (Å²) in [6.07, 6.45) is 10.3. The van der Waals surface area contributed by atoms with Gasteiger partial charge in [0.05, 0.1) is 40.0 Å². The summed E-state index contributed by atoms with van der Waals surface area (Å²) in [5.41, 5.74) is -0.903. The van der Waals surface area contributed by atoms with Crippen LogP contribution in [0.2, 0.25) is 0 Å². The van der Waals surface area contributed by atoms with Crippen molar-refractivity contribution < 1.29 is 18.4 Å². The lowest BCUT2D eigenvalue weighted by Crippen LogP contribution is -2.38. The second-order valence-corrected chi connectivity index (χ2v) is 20.7. The second kappa shape index (κ2) is 18.8. The zero-order valence-electron chi connectivity index (χ0n) is 39.9. The zero-order valence-corrected chi connectivity index (χ0v) is 42.1. The predicted octanol–water partition coefficient (Wildman–Crippen LogP) is 7.76. The van der Waals surface area contributed by atoms with E-state index in [0.717, 1.165) is 45.5 Å². The molecule has 1 fully saturated rings. The maximum absolute atomic E-state index is 16.5. The fourth-order valence-corrected chi connectivity index (χ4v) is 9.64. The number of hydrogen-bond donors (Lipinski definition) is 0. The van der Waals surface area contributed by atoms with Crippen molar-refractivity contribution in [2.75, 3.05) is 31.6 Å². The third-order valence-corrected chi connectivity index (χ3v) is 14.2. The number of hydrogen-bond acceptors (Lipinski definition) is 13. The van der Waals surface area contributed by atoms with E-state index in [9.17, 15) is 24.0 Å². The molecule has 0 saturated carbocycles. The topological polar surface area (TPSA) is 184 Å². The number of carbonyl (C=O) groups excluding carboxylic acids is 2. The molecule has 362 valence electrons. The van der Waals surface area contributed by atoms with Gasteiger partial charge >= 0.3 is 0 Å². The van der Waals surface area contributed by atoms with Crippen molar-refractivity contribution in [2.24, 2.45) is 7.05 Å². The fourth-order valence-electron chi connectivity index (χ4n) is 9.12. The molecule has 8 aromatic rings. The van der Waals surface area contributed by atoms with E-state index in [1.807, 2.05) is 75.5 Å². The lowest BCUT2D eigenvalue weighted by molar-refractivity contribution is 0.111. The van der Waals surface area contributed by atoms with Crippen LogP contribution in [-0.4, -0.2) is 88.4 Å². The van der Waals surface area contributed by atoms with E-state index < -0.39 is 39.1 Å². The molecule has 1 saturated heterocycles. The van der Waals surface area contributed by atoms with E-state index in [-0.39, 0.29) is 73.7 Å². The number of pyridine rings is 3. The van der Waals surface area contributed by atoms with Crippen molar-refractivity contribution in [1.82, 2.24) is 49.2 Å². The van der Waals surface area contributed by atoms with Crippen molar-refractivity contribution in [3.63, 3.8) is 0 Å². The summed E-state index contributed by atoms with van der Waals surface area (Å²) in [6, 6.07) is 14.4. The summed E-state index contributed by atoms with van der Waals surface area (Å²) < 4.78 is 35.7. The Bertz CT molecular complexity index is 3640. The Balaban J connectivity index is 1.16. The zero-order chi connectivity index (χ0) is 50.7. The van der Waals surface area contributed by atoms with Gasteiger partial charge in [0.25, 0.3) is 16.7 Å². The molecule has 2 aromatic carbocycles. The monoisotopic (exact) mass is 1070 g/mol. The SMILES string of the molecule is CN1CCC(c2ccc(N(CC(C)(C)c3cc(F)c4c(=O)n(-c5nccc(I)c5C=O)ncc4c3)c3cc(-c4ccnc(-n5ncc6cc(C(C)(C)C)cc(F)c6c5=O)c4C=O)nn(C)c3=O)nc2)CC1. The average Bonchev–Trinajstić information content (AvgIpc) is 3.34. The van der Waals surface area contributed by atoms with Crippen LogP contribution in [0.15, 0.2) is 100.0 Å². The maximum atomic E-state index is 16.5. The molecule has 6 aromatic heterocycles. The van der Waals surface area contributed by atoms with Crippen LogP contribution in [0.4, 0.5) is 20.3 Å². The standard InChI is InChI=1S/C52H48F2IN11O5/c1-51(2,3)33-18-31-24-59-65(49(70)44(31)38(53)20-33)46-36(26-67)35(10-14-56-46)41-22-42(48(69)63(7)61-41)64(43-9-8-30(23-58-43)29-12-16-62(6)17-13-29)28-52(4,5)34-19-32-25-60-66(50(71)45(32)39(54)21-34)47-37(27-68)40(55)11-15-57-47/h8-11,14-15,18-27,29H,12-13,16-17,28H2,1-7H3. The van der Waals surface area contributed by atoms with E-state index in [4.69, 9.17) is 4.98 Å². The fraction of sp³-hybridized carbons (Fsp3) is 0.288. The van der Waals surface area contributed by atoms with Gasteiger partial charge in [-0.1, -0.05) is 40.7 Å². The van der Waals surface area contributed by atoms with Gasteiger partial charge < -0.3 is 9.80 Å². The van der Waals surface area contributed by atoms with Crippen LogP contribution in [0.3, 0.4) is 0 Å². The summed E-state index contributed by atoms with van der Waals surface area (Å²) in [5.74, 6) is -1.10. The number of anilines is 2. The normalized spacial score (nSPS) is 13.8. The van der Waals surface area contributed by atoms with Crippen LogP contribution in [-0.2, 0) is 17.9 Å². The van der Waals surface area contributed by atoms with Crippen molar-refractivity contribution >= 4 is 68.2 Å². The third-order valence-electron chi connectivity index (χ3n) is 13.2. The molecule has 19 heteroatoms. The van der Waals surface area contributed by atoms with Crippen LogP contribution in [0.1, 0.15) is 90.8 Å². The van der Waals surface area contributed by atoms with Gasteiger partial charge in [-0.3, -0.25) is 24.0 Å². The molecule has 71 heavy (non-hydrogen) atoms. The number of aromatic nitrogens is 9. The smallest absolute Gasteiger partial charge is 0.290 e. The number of aryl methyl sites for hydroxylation is 1. The predicted molar refractivity (Wildman–Crippen MR) is 275 cm³/mol. The first-order chi connectivity index (χ1) is 33.8. The molecule has 1 aliphatic rings. The second-order valence-electron chi connectivity index (χ2n) is 19.5. The first-order valence-corrected chi connectivity index (χ1v) is 23.9. The van der Waals surface area contributed by atoms with E-state index in [1.165, 1.54) is 56.1 Å². The van der Waals surface area contributed by atoms with E-state index >= 15 is 8.78 Å². The molecule has 9 rings (SSSR count). The van der Waals surface area contributed by atoms with Crippen LogP contribution in [0.5, 0.6) is 0 Å². The molecule has 0 aliphatic carbocycles. The number of carbonyl (C=O) groups is 2. The van der Waals surface area contributed by atoms with E-state index in [0.29, 0.717) is 33.1 Å². The van der Waals surface area contributed by atoms with Gasteiger partial charge in [-0.05, 0) is 132 Å². The molecule has 0 bridgehead atoms. The molecule has 7 heterocycles. The highest BCUT2D eigenvalue weighted by molar-refractivity contribution is 14.1. The lowest BCUT2D eigenvalue weighted by atomic mass is 9.83. The lowest BCUT2D eigenvalue weighted by Gasteiger charge is -2.34. The van der Waals surface area contributed by atoms with Crippen LogP contribution in [0, 0.1) is 15.2 Å². The van der Waals surface area contributed by atoms with E-state index in [1.54, 1.807) is 23.1 Å². The Kier molecular flexibility index (Phi) is 12.9. The summed E-state index contributed by atoms with van der Waals surface area (Å²) in [5, 5.41) is 13.2. The van der Waals surface area contributed by atoms with Crippen molar-refractivity contribution in [3.8, 4) is 22.9 Å². The van der Waals surface area contributed by atoms with E-state index in [2.05, 4.69) is 37.2 Å². The maximum Gasteiger partial charge on any atom is 0.290 e. The molecule has 0 atom stereocenters. The number of fused-ring (bicyclic) bond motifs is 2. The van der Waals surface area contributed by atoms with Crippen molar-refractivity contribution in [3.05, 3.63) is 160 Å². The molecule has 0 spiro atoms. The molecular weight excluding hydrogens is 1020 g/mol. The number of likely N-dealkylation sites (tertiary alicyclic amines) is 1. The van der Waals surface area contributed by atoms with Gasteiger partial charge in [-0.2, -0.15) is 24.7 Å². The molecule has 0 radical (unpaired) electrons. The summed E-state index contributed by atoms with van der Waals surface area (Å²) in [7, 11) is 3.56. The van der Waals surface area contributed by atoms with Crippen LogP contribution in [0.25, 0.3) is 44.4 Å².